The molecule has 2 aromatic rings. The number of nitrogens with zero attached hydrogens (tertiary/aromatic N) is 2. The number of benzene rings is 1. The van der Waals surface area contributed by atoms with Crippen LogP contribution in [0.25, 0.3) is 0 Å². The molecule has 7 nitrogen and oxygen atoms in total. The fourth-order valence-corrected chi connectivity index (χ4v) is 2.76. The van der Waals surface area contributed by atoms with E-state index in [-0.39, 0.29) is 16.9 Å². The molecule has 0 fully saturated rings. The van der Waals surface area contributed by atoms with E-state index in [1.165, 1.54) is 23.5 Å². The topological polar surface area (TPSA) is 105 Å². The molecule has 0 spiro atoms. The predicted octanol–water partition coefficient (Wildman–Crippen LogP) is 3.36. The van der Waals surface area contributed by atoms with E-state index in [1.54, 1.807) is 0 Å². The minimum absolute atomic E-state index is 0.128. The third kappa shape index (κ3) is 3.16. The van der Waals surface area contributed by atoms with E-state index in [4.69, 9.17) is 5.11 Å². The number of aromatic nitrogens is 1. The van der Waals surface area contributed by atoms with Gasteiger partial charge in [0.1, 0.15) is 5.69 Å². The zero-order valence-corrected chi connectivity index (χ0v) is 12.2. The number of nitro benzene ring substituents is 1. The first kappa shape index (κ1) is 14.9. The summed E-state index contributed by atoms with van der Waals surface area (Å²) in [5.41, 5.74) is 0.742. The Balaban J connectivity index is 2.38. The van der Waals surface area contributed by atoms with E-state index in [1.807, 2.05) is 13.8 Å². The first-order chi connectivity index (χ1) is 9.92. The Morgan fingerprint density at radius 2 is 2.24 bits per heavy atom. The number of thiazole rings is 1. The largest absolute Gasteiger partial charge is 0.478 e. The number of anilines is 2. The molecule has 0 atom stereocenters. The smallest absolute Gasteiger partial charge is 0.335 e. The molecule has 0 saturated carbocycles. The van der Waals surface area contributed by atoms with Crippen LogP contribution in [-0.2, 0) is 6.42 Å². The monoisotopic (exact) mass is 307 g/mol. The first-order valence-electron chi connectivity index (χ1n) is 6.17. The summed E-state index contributed by atoms with van der Waals surface area (Å²) in [6.07, 6.45) is 0.782. The molecule has 0 radical (unpaired) electrons. The highest BCUT2D eigenvalue weighted by atomic mass is 32.1. The van der Waals surface area contributed by atoms with Gasteiger partial charge < -0.3 is 10.4 Å². The van der Waals surface area contributed by atoms with Gasteiger partial charge in [0.15, 0.2) is 5.13 Å². The highest BCUT2D eigenvalue weighted by Crippen LogP contribution is 2.31. The molecule has 0 aliphatic heterocycles. The highest BCUT2D eigenvalue weighted by Gasteiger charge is 2.18. The Morgan fingerprint density at radius 3 is 2.76 bits per heavy atom. The summed E-state index contributed by atoms with van der Waals surface area (Å²) < 4.78 is 0. The van der Waals surface area contributed by atoms with Gasteiger partial charge in [-0.25, -0.2) is 9.78 Å². The van der Waals surface area contributed by atoms with Gasteiger partial charge in [-0.2, -0.15) is 0 Å². The van der Waals surface area contributed by atoms with Crippen LogP contribution in [0, 0.1) is 17.0 Å². The molecule has 1 aromatic heterocycles. The van der Waals surface area contributed by atoms with Crippen molar-refractivity contribution >= 4 is 33.8 Å². The lowest BCUT2D eigenvalue weighted by Crippen LogP contribution is -2.01. The fourth-order valence-electron chi connectivity index (χ4n) is 1.85. The molecular weight excluding hydrogens is 294 g/mol. The van der Waals surface area contributed by atoms with Crippen molar-refractivity contribution in [1.29, 1.82) is 0 Å². The van der Waals surface area contributed by atoms with Crippen LogP contribution in [0.15, 0.2) is 18.2 Å². The number of carbonyl (C=O) groups is 1. The Labute approximate surface area is 124 Å². The Hall–Kier alpha value is -2.48. The summed E-state index contributed by atoms with van der Waals surface area (Å²) in [5.74, 6) is -1.21. The fraction of sp³-hybridized carbons (Fsp3) is 0.231. The van der Waals surface area contributed by atoms with Crippen LogP contribution >= 0.6 is 11.3 Å². The maximum absolute atomic E-state index is 11.1. The molecule has 0 aliphatic carbocycles. The second kappa shape index (κ2) is 5.88. The van der Waals surface area contributed by atoms with Crippen LogP contribution in [-0.4, -0.2) is 21.0 Å². The maximum atomic E-state index is 11.1. The standard InChI is InChI=1S/C13H13N3O4S/c1-3-9-7(2)21-13(14-9)15-10-5-4-8(12(17)18)6-11(10)16(19)20/h4-6H,3H2,1-2H3,(H,14,15)(H,17,18). The van der Waals surface area contributed by atoms with E-state index in [2.05, 4.69) is 10.3 Å². The molecule has 110 valence electrons. The number of nitrogens with one attached hydrogen (secondary N) is 1. The molecule has 0 unspecified atom stereocenters. The van der Waals surface area contributed by atoms with Crippen molar-refractivity contribution in [3.63, 3.8) is 0 Å². The van der Waals surface area contributed by atoms with Crippen LogP contribution in [0.5, 0.6) is 0 Å². The van der Waals surface area contributed by atoms with Crippen molar-refractivity contribution in [2.24, 2.45) is 0 Å². The number of rotatable bonds is 5. The highest BCUT2D eigenvalue weighted by molar-refractivity contribution is 7.15. The van der Waals surface area contributed by atoms with Gasteiger partial charge in [0.2, 0.25) is 0 Å². The van der Waals surface area contributed by atoms with Gasteiger partial charge in [0, 0.05) is 10.9 Å². The Kier molecular flexibility index (Phi) is 4.18. The molecule has 1 heterocycles. The van der Waals surface area contributed by atoms with Crippen molar-refractivity contribution in [3.8, 4) is 0 Å². The second-order valence-electron chi connectivity index (χ2n) is 4.29. The van der Waals surface area contributed by atoms with Crippen molar-refractivity contribution < 1.29 is 14.8 Å². The van der Waals surface area contributed by atoms with Crippen LogP contribution in [0.2, 0.25) is 0 Å². The normalized spacial score (nSPS) is 10.4. The van der Waals surface area contributed by atoms with Gasteiger partial charge in [-0.1, -0.05) is 6.92 Å². The van der Waals surface area contributed by atoms with Crippen molar-refractivity contribution in [3.05, 3.63) is 44.4 Å². The predicted molar refractivity (Wildman–Crippen MR) is 79.6 cm³/mol. The molecule has 2 rings (SSSR count). The number of aryl methyl sites for hydroxylation is 2. The van der Waals surface area contributed by atoms with Crippen LogP contribution in [0.1, 0.15) is 27.9 Å². The minimum Gasteiger partial charge on any atom is -0.478 e. The zero-order chi connectivity index (χ0) is 15.6. The van der Waals surface area contributed by atoms with Crippen molar-refractivity contribution in [1.82, 2.24) is 4.98 Å². The molecule has 1 aromatic carbocycles. The minimum atomic E-state index is -1.21. The van der Waals surface area contributed by atoms with Crippen molar-refractivity contribution in [2.75, 3.05) is 5.32 Å². The first-order valence-corrected chi connectivity index (χ1v) is 6.99. The van der Waals surface area contributed by atoms with E-state index in [0.29, 0.717) is 5.13 Å². The molecule has 0 amide bonds. The van der Waals surface area contributed by atoms with Crippen LogP contribution in [0.4, 0.5) is 16.5 Å². The van der Waals surface area contributed by atoms with E-state index >= 15 is 0 Å². The van der Waals surface area contributed by atoms with Gasteiger partial charge in [-0.15, -0.1) is 11.3 Å². The molecule has 0 saturated heterocycles. The maximum Gasteiger partial charge on any atom is 0.335 e. The molecule has 0 bridgehead atoms. The van der Waals surface area contributed by atoms with E-state index in [0.717, 1.165) is 23.1 Å². The van der Waals surface area contributed by atoms with Gasteiger partial charge in [-0.05, 0) is 25.5 Å². The SMILES string of the molecule is CCc1nc(Nc2ccc(C(=O)O)cc2[N+](=O)[O-])sc1C. The average Bonchev–Trinajstić information content (AvgIpc) is 2.78. The third-order valence-corrected chi connectivity index (χ3v) is 3.84. The van der Waals surface area contributed by atoms with Gasteiger partial charge in [0.05, 0.1) is 16.2 Å². The van der Waals surface area contributed by atoms with Crippen LogP contribution in [0.3, 0.4) is 0 Å². The molecule has 8 heteroatoms. The van der Waals surface area contributed by atoms with Gasteiger partial charge in [-0.3, -0.25) is 10.1 Å². The number of carboxylic acids is 1. The van der Waals surface area contributed by atoms with Gasteiger partial charge in [0.25, 0.3) is 5.69 Å². The summed E-state index contributed by atoms with van der Waals surface area (Å²) in [6, 6.07) is 3.73. The summed E-state index contributed by atoms with van der Waals surface area (Å²) >= 11 is 1.40. The molecular formula is C13H13N3O4S. The Bertz CT molecular complexity index is 711. The summed E-state index contributed by atoms with van der Waals surface area (Å²) in [6.45, 7) is 3.92. The molecule has 0 aliphatic rings. The molecule has 21 heavy (non-hydrogen) atoms. The number of carboxylic acid groups (broad SMARTS) is 1. The molecule has 2 N–H and O–H groups in total. The summed E-state index contributed by atoms with van der Waals surface area (Å²) in [4.78, 5) is 26.7. The summed E-state index contributed by atoms with van der Waals surface area (Å²) in [5, 5.41) is 23.4. The van der Waals surface area contributed by atoms with E-state index < -0.39 is 10.9 Å². The lowest BCUT2D eigenvalue weighted by molar-refractivity contribution is -0.383. The second-order valence-corrected chi connectivity index (χ2v) is 5.50. The van der Waals surface area contributed by atoms with Crippen LogP contribution < -0.4 is 5.32 Å². The lowest BCUT2D eigenvalue weighted by Gasteiger charge is -2.04. The average molecular weight is 307 g/mol. The quantitative estimate of drug-likeness (QED) is 0.648. The summed E-state index contributed by atoms with van der Waals surface area (Å²) in [7, 11) is 0. The lowest BCUT2D eigenvalue weighted by atomic mass is 10.2. The zero-order valence-electron chi connectivity index (χ0n) is 11.4. The number of nitro groups is 1. The number of hydrogen-bond acceptors (Lipinski definition) is 6. The van der Waals surface area contributed by atoms with Crippen molar-refractivity contribution in [2.45, 2.75) is 20.3 Å². The third-order valence-electron chi connectivity index (χ3n) is 2.91. The van der Waals surface area contributed by atoms with Gasteiger partial charge >= 0.3 is 5.97 Å². The Morgan fingerprint density at radius 1 is 1.52 bits per heavy atom. The number of aromatic carboxylic acids is 1. The van der Waals surface area contributed by atoms with E-state index in [9.17, 15) is 14.9 Å². The number of hydrogen-bond donors (Lipinski definition) is 2.